The van der Waals surface area contributed by atoms with Gasteiger partial charge in [-0.05, 0) is 30.4 Å². The lowest BCUT2D eigenvalue weighted by Crippen LogP contribution is -2.15. The van der Waals surface area contributed by atoms with Crippen LogP contribution in [0.4, 0.5) is 5.82 Å². The van der Waals surface area contributed by atoms with Gasteiger partial charge in [0.1, 0.15) is 6.33 Å². The minimum atomic E-state index is -0.250. The van der Waals surface area contributed by atoms with Crippen LogP contribution < -0.4 is 5.32 Å². The molecule has 0 aliphatic heterocycles. The predicted molar refractivity (Wildman–Crippen MR) is 78.7 cm³/mol. The second-order valence-corrected chi connectivity index (χ2v) is 5.60. The highest BCUT2D eigenvalue weighted by Gasteiger charge is 2.25. The molecular weight excluding hydrogens is 282 g/mol. The lowest BCUT2D eigenvalue weighted by Gasteiger charge is -2.10. The third kappa shape index (κ3) is 1.87. The van der Waals surface area contributed by atoms with Crippen LogP contribution in [0.15, 0.2) is 18.6 Å². The van der Waals surface area contributed by atoms with Crippen LogP contribution in [0.2, 0.25) is 0 Å². The van der Waals surface area contributed by atoms with E-state index in [2.05, 4.69) is 32.6 Å². The Bertz CT molecular complexity index is 879. The Hall–Kier alpha value is -2.77. The first-order valence-corrected chi connectivity index (χ1v) is 7.16. The van der Waals surface area contributed by atoms with E-state index < -0.39 is 0 Å². The van der Waals surface area contributed by atoms with Crippen LogP contribution >= 0.6 is 0 Å². The van der Waals surface area contributed by atoms with E-state index >= 15 is 0 Å². The molecule has 0 unspecified atom stereocenters. The van der Waals surface area contributed by atoms with Gasteiger partial charge in [-0.15, -0.1) is 15.3 Å². The molecule has 3 aromatic heterocycles. The largest absolute Gasteiger partial charge is 0.304 e. The van der Waals surface area contributed by atoms with Crippen molar-refractivity contribution >= 4 is 17.4 Å². The molecule has 22 heavy (non-hydrogen) atoms. The van der Waals surface area contributed by atoms with Crippen LogP contribution in [0.1, 0.15) is 40.9 Å². The number of hydrogen-bond donors (Lipinski definition) is 1. The van der Waals surface area contributed by atoms with E-state index in [1.54, 1.807) is 13.4 Å². The molecule has 112 valence electrons. The fourth-order valence-corrected chi connectivity index (χ4v) is 3.01. The first-order chi connectivity index (χ1) is 10.6. The van der Waals surface area contributed by atoms with Crippen LogP contribution in [0.5, 0.6) is 0 Å². The number of carbonyl (C=O) groups excluding carboxylic acids is 1. The summed E-state index contributed by atoms with van der Waals surface area (Å²) >= 11 is 0. The van der Waals surface area contributed by atoms with Gasteiger partial charge in [-0.2, -0.15) is 9.90 Å². The number of nitrogens with one attached hydrogen (secondary N) is 1. The molecule has 1 atom stereocenters. The molecule has 0 radical (unpaired) electrons. The molecule has 1 N–H and O–H groups in total. The molecule has 1 aliphatic carbocycles. The number of anilines is 1. The van der Waals surface area contributed by atoms with Gasteiger partial charge in [0.05, 0.1) is 11.8 Å². The minimum Gasteiger partial charge on any atom is -0.304 e. The second kappa shape index (κ2) is 4.62. The van der Waals surface area contributed by atoms with Gasteiger partial charge in [-0.3, -0.25) is 9.20 Å². The van der Waals surface area contributed by atoms with Gasteiger partial charge >= 0.3 is 0 Å². The molecule has 0 fully saturated rings. The maximum absolute atomic E-state index is 12.6. The first kappa shape index (κ1) is 12.9. The van der Waals surface area contributed by atoms with Gasteiger partial charge in [0.2, 0.25) is 0 Å². The monoisotopic (exact) mass is 297 g/mol. The third-order valence-corrected chi connectivity index (χ3v) is 4.14. The van der Waals surface area contributed by atoms with E-state index in [1.165, 1.54) is 22.3 Å². The van der Waals surface area contributed by atoms with Crippen molar-refractivity contribution in [3.8, 4) is 0 Å². The molecule has 8 heteroatoms. The van der Waals surface area contributed by atoms with Crippen molar-refractivity contribution in [2.24, 2.45) is 7.05 Å². The lowest BCUT2D eigenvalue weighted by molar-refractivity contribution is 0.102. The van der Waals surface area contributed by atoms with Crippen molar-refractivity contribution in [3.63, 3.8) is 0 Å². The Morgan fingerprint density at radius 1 is 1.45 bits per heavy atom. The van der Waals surface area contributed by atoms with E-state index in [4.69, 9.17) is 0 Å². The van der Waals surface area contributed by atoms with Gasteiger partial charge < -0.3 is 5.32 Å². The Balaban J connectivity index is 1.79. The number of carbonyl (C=O) groups is 1. The Kier molecular flexibility index (Phi) is 2.72. The van der Waals surface area contributed by atoms with Crippen molar-refractivity contribution in [2.45, 2.75) is 25.7 Å². The SMILES string of the molecule is C[C@H]1CCc2c1cc(C(=O)Nc1cnn(C)n1)c1nncn21. The summed E-state index contributed by atoms with van der Waals surface area (Å²) in [6.07, 6.45) is 5.25. The van der Waals surface area contributed by atoms with Gasteiger partial charge in [0.25, 0.3) is 5.91 Å². The number of rotatable bonds is 2. The molecular formula is C14H15N7O. The zero-order valence-electron chi connectivity index (χ0n) is 12.3. The molecule has 0 aromatic carbocycles. The van der Waals surface area contributed by atoms with Crippen molar-refractivity contribution in [1.82, 2.24) is 29.6 Å². The van der Waals surface area contributed by atoms with Crippen LogP contribution in [0.3, 0.4) is 0 Å². The molecule has 0 saturated carbocycles. The Morgan fingerprint density at radius 3 is 3.09 bits per heavy atom. The van der Waals surface area contributed by atoms with Gasteiger partial charge in [-0.1, -0.05) is 6.92 Å². The van der Waals surface area contributed by atoms with E-state index in [1.807, 2.05) is 10.5 Å². The molecule has 8 nitrogen and oxygen atoms in total. The van der Waals surface area contributed by atoms with E-state index in [0.29, 0.717) is 22.9 Å². The first-order valence-electron chi connectivity index (χ1n) is 7.16. The number of pyridine rings is 1. The highest BCUT2D eigenvalue weighted by molar-refractivity contribution is 6.08. The van der Waals surface area contributed by atoms with E-state index in [0.717, 1.165) is 12.8 Å². The standard InChI is InChI=1S/C14H15N7O/c1-8-3-4-11-9(8)5-10(13-18-15-7-21(11)13)14(22)17-12-6-16-20(2)19-12/h5-8H,3-4H2,1-2H3,(H,17,19,22)/t8-/m0/s1. The smallest absolute Gasteiger partial charge is 0.260 e. The van der Waals surface area contributed by atoms with Crippen molar-refractivity contribution in [2.75, 3.05) is 5.32 Å². The number of aryl methyl sites for hydroxylation is 2. The van der Waals surface area contributed by atoms with Gasteiger partial charge in [0.15, 0.2) is 11.5 Å². The zero-order chi connectivity index (χ0) is 15.3. The fraction of sp³-hybridized carbons (Fsp3) is 0.357. The number of hydrogen-bond acceptors (Lipinski definition) is 5. The van der Waals surface area contributed by atoms with Crippen LogP contribution in [-0.2, 0) is 13.5 Å². The average Bonchev–Trinajstić information content (AvgIpc) is 3.19. The average molecular weight is 297 g/mol. The van der Waals surface area contributed by atoms with E-state index in [-0.39, 0.29) is 5.91 Å². The highest BCUT2D eigenvalue weighted by Crippen LogP contribution is 2.34. The number of nitrogens with zero attached hydrogens (tertiary/aromatic N) is 6. The summed E-state index contributed by atoms with van der Waals surface area (Å²) in [6, 6.07) is 1.93. The molecule has 4 rings (SSSR count). The molecule has 0 bridgehead atoms. The van der Waals surface area contributed by atoms with Gasteiger partial charge in [-0.25, -0.2) is 0 Å². The van der Waals surface area contributed by atoms with Crippen molar-refractivity contribution < 1.29 is 4.79 Å². The summed E-state index contributed by atoms with van der Waals surface area (Å²) in [5.41, 5.74) is 3.48. The maximum atomic E-state index is 12.6. The molecule has 1 aliphatic rings. The van der Waals surface area contributed by atoms with Crippen molar-refractivity contribution in [1.29, 1.82) is 0 Å². The molecule has 3 aromatic rings. The third-order valence-electron chi connectivity index (χ3n) is 4.14. The normalized spacial score (nSPS) is 16.9. The lowest BCUT2D eigenvalue weighted by atomic mass is 10.0. The number of amides is 1. The summed E-state index contributed by atoms with van der Waals surface area (Å²) in [6.45, 7) is 2.17. The number of aromatic nitrogens is 6. The summed E-state index contributed by atoms with van der Waals surface area (Å²) in [4.78, 5) is 14.0. The van der Waals surface area contributed by atoms with E-state index in [9.17, 15) is 4.79 Å². The molecule has 0 saturated heterocycles. The fourth-order valence-electron chi connectivity index (χ4n) is 3.01. The van der Waals surface area contributed by atoms with Crippen molar-refractivity contribution in [3.05, 3.63) is 35.4 Å². The zero-order valence-corrected chi connectivity index (χ0v) is 12.3. The Labute approximate surface area is 126 Å². The quantitative estimate of drug-likeness (QED) is 0.766. The summed E-state index contributed by atoms with van der Waals surface area (Å²) < 4.78 is 1.92. The molecule has 1 amide bonds. The second-order valence-electron chi connectivity index (χ2n) is 5.60. The number of fused-ring (bicyclic) bond motifs is 3. The maximum Gasteiger partial charge on any atom is 0.260 e. The van der Waals surface area contributed by atoms with Crippen LogP contribution in [-0.4, -0.2) is 35.5 Å². The summed E-state index contributed by atoms with van der Waals surface area (Å²) in [5, 5.41) is 18.8. The van der Waals surface area contributed by atoms with Crippen LogP contribution in [0.25, 0.3) is 5.65 Å². The van der Waals surface area contributed by atoms with Gasteiger partial charge in [0, 0.05) is 12.7 Å². The topological polar surface area (TPSA) is 90.0 Å². The Morgan fingerprint density at radius 2 is 2.32 bits per heavy atom. The van der Waals surface area contributed by atoms with Crippen LogP contribution in [0, 0.1) is 0 Å². The molecule has 0 spiro atoms. The minimum absolute atomic E-state index is 0.250. The summed E-state index contributed by atoms with van der Waals surface area (Å²) in [7, 11) is 1.70. The predicted octanol–water partition coefficient (Wildman–Crippen LogP) is 1.16. The molecule has 3 heterocycles. The highest BCUT2D eigenvalue weighted by atomic mass is 16.1. The summed E-state index contributed by atoms with van der Waals surface area (Å²) in [5.74, 6) is 0.601.